The molecule has 0 amide bonds. The van der Waals surface area contributed by atoms with Gasteiger partial charge in [-0.15, -0.1) is 0 Å². The van der Waals surface area contributed by atoms with Crippen molar-refractivity contribution in [2.75, 3.05) is 92.6 Å². The largest absolute Gasteiger partial charge is 0.357 e. The van der Waals surface area contributed by atoms with Crippen LogP contribution >= 0.6 is 31.9 Å². The van der Waals surface area contributed by atoms with Crippen LogP contribution < -0.4 is 10.6 Å². The Morgan fingerprint density at radius 3 is 1.43 bits per heavy atom. The number of hydrogen-bond donors (Lipinski definition) is 4. The van der Waals surface area contributed by atoms with Crippen LogP contribution in [0.15, 0.2) is 45.3 Å². The zero-order valence-electron chi connectivity index (χ0n) is 27.5. The highest BCUT2D eigenvalue weighted by Crippen LogP contribution is 2.34. The first-order valence-corrected chi connectivity index (χ1v) is 18.9. The summed E-state index contributed by atoms with van der Waals surface area (Å²) < 4.78 is 2.33. The van der Waals surface area contributed by atoms with Crippen molar-refractivity contribution in [3.05, 3.63) is 67.9 Å². The number of fused-ring (bicyclic) bond motifs is 6. The van der Waals surface area contributed by atoms with Crippen molar-refractivity contribution in [1.82, 2.24) is 40.2 Å². The highest BCUT2D eigenvalue weighted by molar-refractivity contribution is 9.10. The molecule has 10 heteroatoms. The van der Waals surface area contributed by atoms with Crippen LogP contribution in [0.2, 0.25) is 0 Å². The Bertz CT molecular complexity index is 1500. The summed E-state index contributed by atoms with van der Waals surface area (Å²) in [7, 11) is 4.43. The van der Waals surface area contributed by atoms with Gasteiger partial charge in [-0.25, -0.2) is 0 Å². The van der Waals surface area contributed by atoms with Crippen molar-refractivity contribution in [2.45, 2.75) is 37.8 Å². The van der Waals surface area contributed by atoms with Crippen LogP contribution in [0, 0.1) is 0 Å². The fourth-order valence-electron chi connectivity index (χ4n) is 7.82. The van der Waals surface area contributed by atoms with E-state index in [-0.39, 0.29) is 0 Å². The second kappa shape index (κ2) is 14.8. The number of halogens is 2. The molecule has 0 spiro atoms. The van der Waals surface area contributed by atoms with Gasteiger partial charge in [0, 0.05) is 120 Å². The maximum absolute atomic E-state index is 3.72. The van der Waals surface area contributed by atoms with Crippen molar-refractivity contribution in [2.24, 2.45) is 0 Å². The van der Waals surface area contributed by atoms with Gasteiger partial charge >= 0.3 is 0 Å². The smallest absolute Gasteiger partial charge is 0.0488 e. The minimum Gasteiger partial charge on any atom is -0.357 e. The second-order valence-electron chi connectivity index (χ2n) is 13.8. The normalized spacial score (nSPS) is 23.3. The number of nitrogens with one attached hydrogen (secondary N) is 4. The zero-order chi connectivity index (χ0) is 31.6. The van der Waals surface area contributed by atoms with E-state index in [0.717, 1.165) is 25.9 Å². The maximum Gasteiger partial charge on any atom is 0.0488 e. The van der Waals surface area contributed by atoms with Gasteiger partial charge in [0.1, 0.15) is 0 Å². The van der Waals surface area contributed by atoms with E-state index in [2.05, 4.69) is 123 Å². The quantitative estimate of drug-likeness (QED) is 0.209. The summed E-state index contributed by atoms with van der Waals surface area (Å²) in [4.78, 5) is 17.4. The molecular formula is C36H50Br2N8. The number of rotatable bonds is 6. The first-order valence-electron chi connectivity index (χ1n) is 17.3. The van der Waals surface area contributed by atoms with Crippen molar-refractivity contribution in [1.29, 1.82) is 0 Å². The van der Waals surface area contributed by atoms with Crippen molar-refractivity contribution < 1.29 is 0 Å². The predicted molar refractivity (Wildman–Crippen MR) is 198 cm³/mol. The number of likely N-dealkylation sites (N-methyl/N-ethyl adjacent to an activating group) is 2. The number of benzene rings is 2. The third-order valence-electron chi connectivity index (χ3n) is 10.7. The van der Waals surface area contributed by atoms with Gasteiger partial charge in [-0.3, -0.25) is 0 Å². The zero-order valence-corrected chi connectivity index (χ0v) is 30.6. The number of aromatic nitrogens is 2. The lowest BCUT2D eigenvalue weighted by Crippen LogP contribution is -2.45. The van der Waals surface area contributed by atoms with Crippen LogP contribution in [0.3, 0.4) is 0 Å². The lowest BCUT2D eigenvalue weighted by molar-refractivity contribution is 0.148. The van der Waals surface area contributed by atoms with Gasteiger partial charge in [0.2, 0.25) is 0 Å². The third-order valence-corrected chi connectivity index (χ3v) is 11.7. The summed E-state index contributed by atoms with van der Waals surface area (Å²) in [6, 6.07) is 14.1. The lowest BCUT2D eigenvalue weighted by Gasteiger charge is -2.34. The number of hydrogen-bond acceptors (Lipinski definition) is 6. The molecule has 6 heterocycles. The molecule has 8 nitrogen and oxygen atoms in total. The molecule has 248 valence electrons. The maximum atomic E-state index is 3.72. The molecule has 46 heavy (non-hydrogen) atoms. The Balaban J connectivity index is 0.000000147. The molecule has 0 aliphatic carbocycles. The molecule has 4 aliphatic heterocycles. The van der Waals surface area contributed by atoms with Crippen molar-refractivity contribution in [3.8, 4) is 0 Å². The van der Waals surface area contributed by atoms with E-state index in [0.29, 0.717) is 12.1 Å². The molecular weight excluding hydrogens is 704 g/mol. The summed E-state index contributed by atoms with van der Waals surface area (Å²) in [6.07, 6.45) is 4.61. The van der Waals surface area contributed by atoms with Crippen LogP contribution in [0.4, 0.5) is 0 Å². The summed E-state index contributed by atoms with van der Waals surface area (Å²) in [5, 5.41) is 10.2. The number of piperazine rings is 2. The van der Waals surface area contributed by atoms with Gasteiger partial charge in [-0.05, 0) is 100 Å². The highest BCUT2D eigenvalue weighted by Gasteiger charge is 2.26. The molecule has 8 rings (SSSR count). The Labute approximate surface area is 290 Å². The summed E-state index contributed by atoms with van der Waals surface area (Å²) >= 11 is 7.22. The molecule has 0 radical (unpaired) electrons. The monoisotopic (exact) mass is 752 g/mol. The molecule has 4 aliphatic rings. The number of H-pyrrole nitrogens is 2. The van der Waals surface area contributed by atoms with E-state index in [1.54, 1.807) is 0 Å². The molecule has 2 aromatic heterocycles. The first-order chi connectivity index (χ1) is 22.4. The standard InChI is InChI=1S/2C18H25BrN4/c2*1-22-8-10-23(11-9-22)7-5-17-18-14(4-6-20-17)15-12-13(19)2-3-16(15)21-18/h2*2-3,12,17,20-21H,4-11H2,1H3/t2*17-/m10/s1. The Hall–Kier alpha value is -1.76. The topological polar surface area (TPSA) is 68.6 Å². The van der Waals surface area contributed by atoms with Gasteiger partial charge < -0.3 is 40.2 Å². The van der Waals surface area contributed by atoms with Crippen LogP contribution in [0.5, 0.6) is 0 Å². The van der Waals surface area contributed by atoms with E-state index < -0.39 is 0 Å². The number of nitrogens with zero attached hydrogens (tertiary/aromatic N) is 4. The SMILES string of the molecule is CN1CCN(CC[C@@H]2NCCc3c2[nH]c2ccc(Br)cc32)CC1.CN1CCN(CC[C@H]2NCCc3c2[nH]c2ccc(Br)cc32)CC1. The molecule has 2 aromatic carbocycles. The van der Waals surface area contributed by atoms with Gasteiger partial charge in [-0.2, -0.15) is 0 Å². The average molecular weight is 755 g/mol. The van der Waals surface area contributed by atoms with E-state index in [4.69, 9.17) is 0 Å². The number of aromatic amines is 2. The highest BCUT2D eigenvalue weighted by atomic mass is 79.9. The minimum atomic E-state index is 0.463. The summed E-state index contributed by atoms with van der Waals surface area (Å²) in [6.45, 7) is 14.1. The van der Waals surface area contributed by atoms with E-state index in [9.17, 15) is 0 Å². The average Bonchev–Trinajstić information content (AvgIpc) is 3.63. The van der Waals surface area contributed by atoms with Gasteiger partial charge in [-0.1, -0.05) is 31.9 Å². The van der Waals surface area contributed by atoms with Crippen LogP contribution in [-0.2, 0) is 12.8 Å². The van der Waals surface area contributed by atoms with Crippen LogP contribution in [0.25, 0.3) is 21.8 Å². The first kappa shape index (κ1) is 32.8. The molecule has 0 saturated carbocycles. The molecule has 4 aromatic rings. The van der Waals surface area contributed by atoms with Gasteiger partial charge in [0.15, 0.2) is 0 Å². The Morgan fingerprint density at radius 1 is 0.609 bits per heavy atom. The second-order valence-corrected chi connectivity index (χ2v) is 15.6. The van der Waals surface area contributed by atoms with E-state index in [1.807, 2.05) is 0 Å². The van der Waals surface area contributed by atoms with Crippen LogP contribution in [0.1, 0.15) is 47.4 Å². The van der Waals surface area contributed by atoms with E-state index in [1.165, 1.54) is 132 Å². The fraction of sp³-hybridized carbons (Fsp3) is 0.556. The van der Waals surface area contributed by atoms with E-state index >= 15 is 0 Å². The minimum absolute atomic E-state index is 0.463. The summed E-state index contributed by atoms with van der Waals surface area (Å²) in [5.41, 5.74) is 8.40. The molecule has 4 N–H and O–H groups in total. The lowest BCUT2D eigenvalue weighted by atomic mass is 9.97. The molecule has 2 atom stereocenters. The predicted octanol–water partition coefficient (Wildman–Crippen LogP) is 5.51. The van der Waals surface area contributed by atoms with Crippen molar-refractivity contribution >= 4 is 53.7 Å². The Morgan fingerprint density at radius 2 is 1.02 bits per heavy atom. The van der Waals surface area contributed by atoms with Crippen LogP contribution in [-0.4, -0.2) is 122 Å². The third kappa shape index (κ3) is 7.44. The molecule has 0 bridgehead atoms. The molecule has 2 saturated heterocycles. The van der Waals surface area contributed by atoms with Gasteiger partial charge in [0.05, 0.1) is 0 Å². The Kier molecular flexibility index (Phi) is 10.5. The summed E-state index contributed by atoms with van der Waals surface area (Å²) in [5.74, 6) is 0. The molecule has 2 fully saturated rings. The molecule has 0 unspecified atom stereocenters. The fourth-order valence-corrected chi connectivity index (χ4v) is 8.54. The van der Waals surface area contributed by atoms with Crippen molar-refractivity contribution in [3.63, 3.8) is 0 Å². The van der Waals surface area contributed by atoms with Gasteiger partial charge in [0.25, 0.3) is 0 Å².